The van der Waals surface area contributed by atoms with Crippen LogP contribution in [-0.2, 0) is 0 Å². The van der Waals surface area contributed by atoms with Gasteiger partial charge in [0.1, 0.15) is 5.82 Å². The van der Waals surface area contributed by atoms with Crippen molar-refractivity contribution in [3.8, 4) is 0 Å². The van der Waals surface area contributed by atoms with Crippen molar-refractivity contribution >= 4 is 16.9 Å². The van der Waals surface area contributed by atoms with E-state index in [-0.39, 0.29) is 11.8 Å². The lowest BCUT2D eigenvalue weighted by Gasteiger charge is -2.10. The van der Waals surface area contributed by atoms with Crippen molar-refractivity contribution in [3.63, 3.8) is 0 Å². The van der Waals surface area contributed by atoms with Gasteiger partial charge in [-0.1, -0.05) is 26.0 Å². The van der Waals surface area contributed by atoms with E-state index in [2.05, 4.69) is 4.98 Å². The fraction of sp³-hybridized carbons (Fsp3) is 0.385. The van der Waals surface area contributed by atoms with Gasteiger partial charge in [0.2, 0.25) is 5.91 Å². The Morgan fingerprint density at radius 2 is 2.12 bits per heavy atom. The molecule has 3 heteroatoms. The molecule has 0 aliphatic rings. The Morgan fingerprint density at radius 3 is 2.81 bits per heavy atom. The molecule has 0 radical (unpaired) electrons. The molecule has 3 nitrogen and oxygen atoms in total. The first-order valence-corrected chi connectivity index (χ1v) is 5.63. The summed E-state index contributed by atoms with van der Waals surface area (Å²) in [5, 5.41) is 0. The van der Waals surface area contributed by atoms with Crippen molar-refractivity contribution in [2.45, 2.75) is 27.2 Å². The van der Waals surface area contributed by atoms with E-state index in [1.807, 2.05) is 45.0 Å². The largest absolute Gasteiger partial charge is 0.274 e. The Hall–Kier alpha value is -1.64. The van der Waals surface area contributed by atoms with Crippen LogP contribution in [0.5, 0.6) is 0 Å². The Labute approximate surface area is 95.1 Å². The first-order valence-electron chi connectivity index (χ1n) is 5.63. The van der Waals surface area contributed by atoms with Crippen LogP contribution >= 0.6 is 0 Å². The molecule has 1 unspecified atom stereocenters. The lowest BCUT2D eigenvalue weighted by atomic mass is 10.1. The van der Waals surface area contributed by atoms with Crippen molar-refractivity contribution in [2.24, 2.45) is 5.92 Å². The zero-order valence-corrected chi connectivity index (χ0v) is 9.90. The number of aromatic nitrogens is 2. The van der Waals surface area contributed by atoms with Gasteiger partial charge in [0.05, 0.1) is 11.0 Å². The number of rotatable bonds is 2. The molecule has 0 spiro atoms. The third kappa shape index (κ3) is 1.62. The molecule has 0 saturated heterocycles. The number of nitrogens with zero attached hydrogens (tertiary/aromatic N) is 2. The number of benzene rings is 1. The lowest BCUT2D eigenvalue weighted by molar-refractivity contribution is 0.0844. The van der Waals surface area contributed by atoms with E-state index in [0.717, 1.165) is 23.3 Å². The zero-order valence-electron chi connectivity index (χ0n) is 9.90. The molecule has 0 aliphatic heterocycles. The Balaban J connectivity index is 2.59. The molecule has 16 heavy (non-hydrogen) atoms. The van der Waals surface area contributed by atoms with Crippen molar-refractivity contribution in [3.05, 3.63) is 30.1 Å². The van der Waals surface area contributed by atoms with E-state index in [9.17, 15) is 4.79 Å². The summed E-state index contributed by atoms with van der Waals surface area (Å²) in [5.74, 6) is 0.941. The standard InChI is InChI=1S/C13H16N2O/c1-4-9(2)13(16)15-10(3)14-11-7-5-6-8-12(11)15/h5-9H,4H2,1-3H3. The zero-order chi connectivity index (χ0) is 11.7. The van der Waals surface area contributed by atoms with Gasteiger partial charge in [0.25, 0.3) is 0 Å². The van der Waals surface area contributed by atoms with Crippen LogP contribution in [-0.4, -0.2) is 15.5 Å². The van der Waals surface area contributed by atoms with Crippen LogP contribution in [0.1, 0.15) is 30.9 Å². The summed E-state index contributed by atoms with van der Waals surface area (Å²) in [6.45, 7) is 5.86. The van der Waals surface area contributed by atoms with Crippen LogP contribution in [0.25, 0.3) is 11.0 Å². The van der Waals surface area contributed by atoms with E-state index in [0.29, 0.717) is 0 Å². The number of aryl methyl sites for hydroxylation is 1. The van der Waals surface area contributed by atoms with Gasteiger partial charge in [-0.3, -0.25) is 9.36 Å². The van der Waals surface area contributed by atoms with Crippen molar-refractivity contribution < 1.29 is 4.79 Å². The average Bonchev–Trinajstić information content (AvgIpc) is 2.63. The molecule has 0 fully saturated rings. The second-order valence-corrected chi connectivity index (χ2v) is 4.13. The number of hydrogen-bond acceptors (Lipinski definition) is 2. The van der Waals surface area contributed by atoms with E-state index < -0.39 is 0 Å². The van der Waals surface area contributed by atoms with E-state index >= 15 is 0 Å². The first kappa shape index (κ1) is 10.9. The van der Waals surface area contributed by atoms with Crippen LogP contribution in [0.2, 0.25) is 0 Å². The predicted octanol–water partition coefficient (Wildman–Crippen LogP) is 3.03. The molecule has 2 aromatic rings. The fourth-order valence-electron chi connectivity index (χ4n) is 1.82. The molecular weight excluding hydrogens is 200 g/mol. The fourth-order valence-corrected chi connectivity index (χ4v) is 1.82. The predicted molar refractivity (Wildman–Crippen MR) is 64.6 cm³/mol. The molecule has 84 valence electrons. The Kier molecular flexibility index (Phi) is 2.77. The van der Waals surface area contributed by atoms with Crippen LogP contribution in [0.3, 0.4) is 0 Å². The number of hydrogen-bond donors (Lipinski definition) is 0. The van der Waals surface area contributed by atoms with Gasteiger partial charge in [-0.15, -0.1) is 0 Å². The molecule has 0 N–H and O–H groups in total. The average molecular weight is 216 g/mol. The third-order valence-electron chi connectivity index (χ3n) is 2.98. The van der Waals surface area contributed by atoms with Gasteiger partial charge in [-0.05, 0) is 25.5 Å². The van der Waals surface area contributed by atoms with E-state index in [1.165, 1.54) is 0 Å². The highest BCUT2D eigenvalue weighted by molar-refractivity contribution is 5.92. The molecule has 1 atom stereocenters. The van der Waals surface area contributed by atoms with Crippen LogP contribution in [0, 0.1) is 12.8 Å². The Morgan fingerprint density at radius 1 is 1.44 bits per heavy atom. The minimum atomic E-state index is 0.0382. The maximum absolute atomic E-state index is 12.2. The summed E-state index contributed by atoms with van der Waals surface area (Å²) in [6.07, 6.45) is 0.852. The van der Waals surface area contributed by atoms with Gasteiger partial charge in [0.15, 0.2) is 0 Å². The van der Waals surface area contributed by atoms with Crippen molar-refractivity contribution in [2.75, 3.05) is 0 Å². The highest BCUT2D eigenvalue weighted by atomic mass is 16.2. The lowest BCUT2D eigenvalue weighted by Crippen LogP contribution is -2.19. The number of imidazole rings is 1. The topological polar surface area (TPSA) is 34.9 Å². The van der Waals surface area contributed by atoms with Crippen LogP contribution < -0.4 is 0 Å². The van der Waals surface area contributed by atoms with Gasteiger partial charge in [0, 0.05) is 5.92 Å². The summed E-state index contributed by atoms with van der Waals surface area (Å²) >= 11 is 0. The molecule has 1 aromatic carbocycles. The van der Waals surface area contributed by atoms with E-state index in [1.54, 1.807) is 4.57 Å². The number of para-hydroxylation sites is 2. The molecular formula is C13H16N2O. The monoisotopic (exact) mass is 216 g/mol. The second kappa shape index (κ2) is 4.08. The highest BCUT2D eigenvalue weighted by Crippen LogP contribution is 2.18. The minimum Gasteiger partial charge on any atom is -0.274 e. The van der Waals surface area contributed by atoms with Crippen LogP contribution in [0.15, 0.2) is 24.3 Å². The molecule has 0 aliphatic carbocycles. The summed E-state index contributed by atoms with van der Waals surface area (Å²) < 4.78 is 1.73. The highest BCUT2D eigenvalue weighted by Gasteiger charge is 2.18. The quantitative estimate of drug-likeness (QED) is 0.773. The summed E-state index contributed by atoms with van der Waals surface area (Å²) in [5.41, 5.74) is 1.79. The van der Waals surface area contributed by atoms with Crippen LogP contribution in [0.4, 0.5) is 0 Å². The molecule has 0 amide bonds. The molecule has 1 heterocycles. The minimum absolute atomic E-state index is 0.0382. The maximum Gasteiger partial charge on any atom is 0.235 e. The molecule has 0 saturated carbocycles. The van der Waals surface area contributed by atoms with Gasteiger partial charge >= 0.3 is 0 Å². The third-order valence-corrected chi connectivity index (χ3v) is 2.98. The normalized spacial score (nSPS) is 12.9. The van der Waals surface area contributed by atoms with Gasteiger partial charge in [-0.25, -0.2) is 4.98 Å². The maximum atomic E-state index is 12.2. The van der Waals surface area contributed by atoms with E-state index in [4.69, 9.17) is 0 Å². The Bertz CT molecular complexity index is 528. The first-order chi connectivity index (χ1) is 7.65. The SMILES string of the molecule is CCC(C)C(=O)n1c(C)nc2ccccc21. The van der Waals surface area contributed by atoms with Gasteiger partial charge in [-0.2, -0.15) is 0 Å². The van der Waals surface area contributed by atoms with Crippen molar-refractivity contribution in [1.82, 2.24) is 9.55 Å². The summed E-state index contributed by atoms with van der Waals surface area (Å²) in [6, 6.07) is 7.75. The molecule has 1 aromatic heterocycles. The van der Waals surface area contributed by atoms with Crippen molar-refractivity contribution in [1.29, 1.82) is 0 Å². The summed E-state index contributed by atoms with van der Waals surface area (Å²) in [4.78, 5) is 16.6. The number of carbonyl (C=O) groups excluding carboxylic acids is 1. The summed E-state index contributed by atoms with van der Waals surface area (Å²) in [7, 11) is 0. The molecule has 0 bridgehead atoms. The smallest absolute Gasteiger partial charge is 0.235 e. The number of carbonyl (C=O) groups is 1. The number of fused-ring (bicyclic) bond motifs is 1. The van der Waals surface area contributed by atoms with Gasteiger partial charge < -0.3 is 0 Å². The second-order valence-electron chi connectivity index (χ2n) is 4.13. The molecule has 2 rings (SSSR count).